The summed E-state index contributed by atoms with van der Waals surface area (Å²) in [6.07, 6.45) is 1.32. The first-order valence-corrected chi connectivity index (χ1v) is 8.09. The van der Waals surface area contributed by atoms with Gasteiger partial charge in [0.1, 0.15) is 0 Å². The second-order valence-corrected chi connectivity index (χ2v) is 5.88. The van der Waals surface area contributed by atoms with E-state index in [-0.39, 0.29) is 6.42 Å². The van der Waals surface area contributed by atoms with Crippen LogP contribution in [0.25, 0.3) is 11.1 Å². The Morgan fingerprint density at radius 2 is 1.83 bits per heavy atom. The van der Waals surface area contributed by atoms with Crippen LogP contribution in [0.3, 0.4) is 0 Å². The molecule has 0 saturated heterocycles. The van der Waals surface area contributed by atoms with Crippen LogP contribution in [0.5, 0.6) is 0 Å². The number of hydrogen-bond donors (Lipinski definition) is 3. The van der Waals surface area contributed by atoms with Crippen LogP contribution in [0.15, 0.2) is 42.6 Å². The minimum absolute atomic E-state index is 0.257. The monoisotopic (exact) mass is 329 g/mol. The Kier molecular flexibility index (Phi) is 6.46. The molecule has 1 aromatic heterocycles. The second kappa shape index (κ2) is 8.57. The zero-order chi connectivity index (χ0) is 17.5. The normalized spacial score (nSPS) is 13.5. The summed E-state index contributed by atoms with van der Waals surface area (Å²) in [4.78, 5) is 15.0. The van der Waals surface area contributed by atoms with Crippen LogP contribution in [-0.4, -0.2) is 38.5 Å². The number of aromatic nitrogens is 1. The lowest BCUT2D eigenvalue weighted by Gasteiger charge is -2.15. The van der Waals surface area contributed by atoms with Gasteiger partial charge in [-0.2, -0.15) is 0 Å². The molecule has 128 valence electrons. The summed E-state index contributed by atoms with van der Waals surface area (Å²) in [6, 6.07) is 12.1. The van der Waals surface area contributed by atoms with Crippen LogP contribution in [0, 0.1) is 6.92 Å². The van der Waals surface area contributed by atoms with Gasteiger partial charge >= 0.3 is 5.97 Å². The number of carbonyl (C=O) groups is 1. The molecule has 2 unspecified atom stereocenters. The number of hydrogen-bond acceptors (Lipinski definition) is 4. The van der Waals surface area contributed by atoms with E-state index in [0.29, 0.717) is 6.42 Å². The maximum absolute atomic E-state index is 10.6. The highest BCUT2D eigenvalue weighted by Crippen LogP contribution is 2.26. The van der Waals surface area contributed by atoms with Crippen LogP contribution in [0.2, 0.25) is 0 Å². The topological polar surface area (TPSA) is 90.7 Å². The summed E-state index contributed by atoms with van der Waals surface area (Å²) < 4.78 is 0. The number of nitrogens with zero attached hydrogens (tertiary/aromatic N) is 1. The summed E-state index contributed by atoms with van der Waals surface area (Å²) in [6.45, 7) is 1.98. The molecule has 2 rings (SSSR count). The average Bonchev–Trinajstić information content (AvgIpc) is 2.59. The van der Waals surface area contributed by atoms with Crippen molar-refractivity contribution in [2.45, 2.75) is 44.8 Å². The van der Waals surface area contributed by atoms with E-state index >= 15 is 0 Å². The van der Waals surface area contributed by atoms with Gasteiger partial charge in [0.2, 0.25) is 0 Å². The van der Waals surface area contributed by atoms with E-state index in [1.807, 2.05) is 31.2 Å². The molecule has 3 N–H and O–H groups in total. The summed E-state index contributed by atoms with van der Waals surface area (Å²) in [7, 11) is 0. The molecule has 5 heteroatoms. The highest BCUT2D eigenvalue weighted by atomic mass is 16.4. The quantitative estimate of drug-likeness (QED) is 0.648. The second-order valence-electron chi connectivity index (χ2n) is 5.88. The van der Waals surface area contributed by atoms with Crippen molar-refractivity contribution in [2.24, 2.45) is 0 Å². The van der Waals surface area contributed by atoms with E-state index in [4.69, 9.17) is 5.11 Å². The van der Waals surface area contributed by atoms with Gasteiger partial charge in [-0.15, -0.1) is 0 Å². The van der Waals surface area contributed by atoms with Gasteiger partial charge in [-0.1, -0.05) is 36.8 Å². The Morgan fingerprint density at radius 3 is 2.50 bits per heavy atom. The van der Waals surface area contributed by atoms with Crippen molar-refractivity contribution in [3.8, 4) is 11.1 Å². The number of benzene rings is 1. The number of aliphatic carboxylic acids is 1. The molecule has 2 atom stereocenters. The Balaban J connectivity index is 1.99. The number of pyridine rings is 1. The maximum atomic E-state index is 10.6. The molecular formula is C19H23NO4. The van der Waals surface area contributed by atoms with E-state index in [0.717, 1.165) is 35.2 Å². The predicted octanol–water partition coefficient (Wildman–Crippen LogP) is 2.58. The first kappa shape index (κ1) is 18.1. The fourth-order valence-electron chi connectivity index (χ4n) is 2.78. The van der Waals surface area contributed by atoms with Gasteiger partial charge in [0.05, 0.1) is 6.10 Å². The molecule has 0 radical (unpaired) electrons. The van der Waals surface area contributed by atoms with Crippen molar-refractivity contribution in [1.82, 2.24) is 4.98 Å². The van der Waals surface area contributed by atoms with Crippen LogP contribution >= 0.6 is 0 Å². The zero-order valence-corrected chi connectivity index (χ0v) is 13.7. The van der Waals surface area contributed by atoms with Crippen LogP contribution in [0.4, 0.5) is 0 Å². The lowest BCUT2D eigenvalue weighted by Crippen LogP contribution is -2.33. The molecule has 1 heterocycles. The van der Waals surface area contributed by atoms with Crippen molar-refractivity contribution in [2.75, 3.05) is 0 Å². The number of aryl methyl sites for hydroxylation is 1. The fraction of sp³-hybridized carbons (Fsp3) is 0.368. The lowest BCUT2D eigenvalue weighted by atomic mass is 9.95. The molecule has 0 bridgehead atoms. The molecule has 0 saturated carbocycles. The van der Waals surface area contributed by atoms with E-state index in [1.54, 1.807) is 6.20 Å². The first-order valence-electron chi connectivity index (χ1n) is 8.09. The van der Waals surface area contributed by atoms with E-state index in [1.165, 1.54) is 0 Å². The Labute approximate surface area is 141 Å². The highest BCUT2D eigenvalue weighted by molar-refractivity contribution is 5.72. The molecule has 1 aromatic carbocycles. The van der Waals surface area contributed by atoms with Gasteiger partial charge in [0, 0.05) is 11.9 Å². The summed E-state index contributed by atoms with van der Waals surface area (Å²) in [5, 5.41) is 27.6. The third-order valence-electron chi connectivity index (χ3n) is 4.15. The van der Waals surface area contributed by atoms with Gasteiger partial charge in [0.25, 0.3) is 0 Å². The molecule has 0 spiro atoms. The van der Waals surface area contributed by atoms with Crippen LogP contribution in [0.1, 0.15) is 30.5 Å². The summed E-state index contributed by atoms with van der Waals surface area (Å²) >= 11 is 0. The largest absolute Gasteiger partial charge is 0.479 e. The number of rotatable bonds is 8. The molecule has 24 heavy (non-hydrogen) atoms. The first-order chi connectivity index (χ1) is 11.5. The Hall–Kier alpha value is -2.24. The van der Waals surface area contributed by atoms with Crippen molar-refractivity contribution >= 4 is 5.97 Å². The van der Waals surface area contributed by atoms with Gasteiger partial charge in [-0.05, 0) is 48.9 Å². The lowest BCUT2D eigenvalue weighted by molar-refractivity contribution is -0.153. The van der Waals surface area contributed by atoms with Crippen LogP contribution < -0.4 is 0 Å². The standard InChI is InChI=1S/C19H23NO4/c1-13-15(9-5-6-10-17(21)18(22)19(23)24)16(11-12-20-13)14-7-3-2-4-8-14/h2-4,7-8,11-12,17-18,21-22H,5-6,9-10H2,1H3,(H,23,24). The maximum Gasteiger partial charge on any atom is 0.335 e. The third kappa shape index (κ3) is 4.63. The number of carboxylic acids is 1. The third-order valence-corrected chi connectivity index (χ3v) is 4.15. The Morgan fingerprint density at radius 1 is 1.12 bits per heavy atom. The molecule has 0 aliphatic rings. The number of unbranched alkanes of at least 4 members (excludes halogenated alkanes) is 1. The number of aliphatic hydroxyl groups is 2. The molecule has 0 fully saturated rings. The Bertz CT molecular complexity index is 672. The fourth-order valence-corrected chi connectivity index (χ4v) is 2.78. The predicted molar refractivity (Wildman–Crippen MR) is 91.6 cm³/mol. The number of aliphatic hydroxyl groups excluding tert-OH is 2. The van der Waals surface area contributed by atoms with Crippen molar-refractivity contribution < 1.29 is 20.1 Å². The smallest absolute Gasteiger partial charge is 0.335 e. The molecule has 2 aromatic rings. The molecule has 0 aliphatic carbocycles. The SMILES string of the molecule is Cc1nccc(-c2ccccc2)c1CCCCC(O)C(O)C(=O)O. The van der Waals surface area contributed by atoms with E-state index < -0.39 is 18.2 Å². The van der Waals surface area contributed by atoms with E-state index in [2.05, 4.69) is 17.1 Å². The average molecular weight is 329 g/mol. The molecule has 0 amide bonds. The van der Waals surface area contributed by atoms with Gasteiger partial charge in [-0.25, -0.2) is 4.79 Å². The zero-order valence-electron chi connectivity index (χ0n) is 13.7. The van der Waals surface area contributed by atoms with E-state index in [9.17, 15) is 15.0 Å². The summed E-state index contributed by atoms with van der Waals surface area (Å²) in [5.41, 5.74) is 4.42. The number of carboxylic acid groups (broad SMARTS) is 1. The van der Waals surface area contributed by atoms with Crippen LogP contribution in [-0.2, 0) is 11.2 Å². The molecule has 0 aliphatic heterocycles. The highest BCUT2D eigenvalue weighted by Gasteiger charge is 2.22. The molecule has 5 nitrogen and oxygen atoms in total. The minimum atomic E-state index is -1.72. The molecular weight excluding hydrogens is 306 g/mol. The van der Waals surface area contributed by atoms with Crippen molar-refractivity contribution in [1.29, 1.82) is 0 Å². The summed E-state index contributed by atoms with van der Waals surface area (Å²) in [5.74, 6) is -1.39. The van der Waals surface area contributed by atoms with Gasteiger partial charge in [-0.3, -0.25) is 4.98 Å². The van der Waals surface area contributed by atoms with Crippen molar-refractivity contribution in [3.05, 3.63) is 53.9 Å². The van der Waals surface area contributed by atoms with Gasteiger partial charge in [0.15, 0.2) is 6.10 Å². The minimum Gasteiger partial charge on any atom is -0.479 e. The van der Waals surface area contributed by atoms with Crippen molar-refractivity contribution in [3.63, 3.8) is 0 Å². The van der Waals surface area contributed by atoms with Gasteiger partial charge < -0.3 is 15.3 Å².